The Kier molecular flexibility index (Phi) is 10.1. The van der Waals surface area contributed by atoms with Gasteiger partial charge in [-0.25, -0.2) is 4.79 Å². The molecule has 0 bridgehead atoms. The highest BCUT2D eigenvalue weighted by atomic mass is 16.7. The summed E-state index contributed by atoms with van der Waals surface area (Å²) in [5, 5.41) is 15.4. The second kappa shape index (κ2) is 14.7. The number of benzene rings is 4. The number of rotatable bonds is 9. The van der Waals surface area contributed by atoms with Crippen molar-refractivity contribution in [1.82, 2.24) is 4.90 Å². The van der Waals surface area contributed by atoms with Gasteiger partial charge < -0.3 is 34.9 Å². The van der Waals surface area contributed by atoms with Gasteiger partial charge in [0.1, 0.15) is 11.5 Å². The monoisotopic (exact) mass is 607 g/mol. The van der Waals surface area contributed by atoms with Crippen LogP contribution >= 0.6 is 0 Å². The van der Waals surface area contributed by atoms with Crippen LogP contribution in [0, 0.1) is 5.92 Å². The average molecular weight is 608 g/mol. The first-order chi connectivity index (χ1) is 22.0. The van der Waals surface area contributed by atoms with Crippen molar-refractivity contribution in [2.45, 2.75) is 51.3 Å². The third-order valence-electron chi connectivity index (χ3n) is 8.52. The number of piperidine rings is 1. The second-order valence-corrected chi connectivity index (χ2v) is 11.8. The van der Waals surface area contributed by atoms with Gasteiger partial charge in [-0.1, -0.05) is 67.9 Å². The van der Waals surface area contributed by atoms with Crippen LogP contribution in [-0.2, 0) is 16.1 Å². The van der Waals surface area contributed by atoms with Crippen LogP contribution in [0.25, 0.3) is 0 Å². The highest BCUT2D eigenvalue weighted by Gasteiger charge is 2.39. The molecule has 8 heteroatoms. The van der Waals surface area contributed by atoms with Gasteiger partial charge in [-0.2, -0.15) is 0 Å². The molecule has 4 aromatic carbocycles. The van der Waals surface area contributed by atoms with E-state index in [9.17, 15) is 9.90 Å². The highest BCUT2D eigenvalue weighted by molar-refractivity contribution is 5.99. The van der Waals surface area contributed by atoms with Gasteiger partial charge in [0.05, 0.1) is 18.8 Å². The summed E-state index contributed by atoms with van der Waals surface area (Å²) in [5.74, 6) is 1.56. The van der Waals surface area contributed by atoms with E-state index in [0.29, 0.717) is 17.1 Å². The maximum absolute atomic E-state index is 12.9. The SMILES string of the molecule is CC1C(CN2CCCCC2)OC(c2cccc(NC(=O)Nc3ccc(Oc4ccccc4)cc3)c2)OC1c1ccc(CO)cc1. The predicted molar refractivity (Wildman–Crippen MR) is 175 cm³/mol. The number of carbonyl (C=O) groups is 1. The topological polar surface area (TPSA) is 92.3 Å². The van der Waals surface area contributed by atoms with Gasteiger partial charge in [0.15, 0.2) is 6.29 Å². The number of likely N-dealkylation sites (tertiary alicyclic amines) is 1. The Labute approximate surface area is 264 Å². The summed E-state index contributed by atoms with van der Waals surface area (Å²) in [6.45, 7) is 5.22. The van der Waals surface area contributed by atoms with Gasteiger partial charge in [-0.3, -0.25) is 0 Å². The standard InChI is InChI=1S/C37H41N3O5/c1-26-34(24-40-21-6-3-7-22-40)44-36(45-35(26)28-15-13-27(25-41)14-16-28)29-9-8-10-31(23-29)39-37(42)38-30-17-19-33(20-18-30)43-32-11-4-2-5-12-32/h2,4-5,8-20,23,26,34-36,41H,3,6-7,21-22,24-25H2,1H3,(H2,38,39,42). The zero-order valence-corrected chi connectivity index (χ0v) is 25.6. The number of carbonyl (C=O) groups excluding carboxylic acids is 1. The molecule has 0 aliphatic carbocycles. The molecule has 0 saturated carbocycles. The highest BCUT2D eigenvalue weighted by Crippen LogP contribution is 2.42. The summed E-state index contributed by atoms with van der Waals surface area (Å²) in [7, 11) is 0. The number of urea groups is 1. The molecule has 6 rings (SSSR count). The van der Waals surface area contributed by atoms with E-state index < -0.39 is 6.29 Å². The van der Waals surface area contributed by atoms with E-state index in [1.807, 2.05) is 91.0 Å². The largest absolute Gasteiger partial charge is 0.457 e. The first-order valence-electron chi connectivity index (χ1n) is 15.8. The van der Waals surface area contributed by atoms with E-state index >= 15 is 0 Å². The van der Waals surface area contributed by atoms with Gasteiger partial charge in [-0.05, 0) is 85.6 Å². The zero-order chi connectivity index (χ0) is 31.0. The van der Waals surface area contributed by atoms with E-state index in [1.54, 1.807) is 12.1 Å². The smallest absolute Gasteiger partial charge is 0.323 e. The van der Waals surface area contributed by atoms with Crippen molar-refractivity contribution < 1.29 is 24.1 Å². The maximum Gasteiger partial charge on any atom is 0.323 e. The fourth-order valence-electron chi connectivity index (χ4n) is 6.01. The van der Waals surface area contributed by atoms with Crippen molar-refractivity contribution in [3.63, 3.8) is 0 Å². The van der Waals surface area contributed by atoms with Gasteiger partial charge in [-0.15, -0.1) is 0 Å². The Bertz CT molecular complexity index is 1520. The lowest BCUT2D eigenvalue weighted by atomic mass is 9.89. The van der Waals surface area contributed by atoms with Crippen LogP contribution in [-0.4, -0.2) is 41.8 Å². The minimum atomic E-state index is -0.597. The van der Waals surface area contributed by atoms with E-state index in [4.69, 9.17) is 14.2 Å². The number of aliphatic hydroxyl groups is 1. The molecule has 2 fully saturated rings. The molecule has 234 valence electrons. The number of hydrogen-bond donors (Lipinski definition) is 3. The van der Waals surface area contributed by atoms with E-state index in [-0.39, 0.29) is 30.8 Å². The molecule has 4 unspecified atom stereocenters. The Morgan fingerprint density at radius 3 is 2.24 bits per heavy atom. The van der Waals surface area contributed by atoms with Crippen molar-refractivity contribution >= 4 is 17.4 Å². The number of nitrogens with one attached hydrogen (secondary N) is 2. The molecule has 3 N–H and O–H groups in total. The number of amides is 2. The van der Waals surface area contributed by atoms with Crippen LogP contribution in [0.2, 0.25) is 0 Å². The second-order valence-electron chi connectivity index (χ2n) is 11.8. The molecule has 2 aliphatic heterocycles. The summed E-state index contributed by atoms with van der Waals surface area (Å²) in [4.78, 5) is 15.4. The summed E-state index contributed by atoms with van der Waals surface area (Å²) in [6.07, 6.45) is 2.91. The summed E-state index contributed by atoms with van der Waals surface area (Å²) >= 11 is 0. The third kappa shape index (κ3) is 8.09. The van der Waals surface area contributed by atoms with Crippen molar-refractivity contribution in [3.05, 3.63) is 120 Å². The van der Waals surface area contributed by atoms with Crippen molar-refractivity contribution in [2.24, 2.45) is 5.92 Å². The van der Waals surface area contributed by atoms with Crippen LogP contribution in [0.15, 0.2) is 103 Å². The molecule has 0 aromatic heterocycles. The van der Waals surface area contributed by atoms with Crippen LogP contribution < -0.4 is 15.4 Å². The molecule has 2 amide bonds. The Morgan fingerprint density at radius 1 is 0.800 bits per heavy atom. The Morgan fingerprint density at radius 2 is 1.51 bits per heavy atom. The summed E-state index contributed by atoms with van der Waals surface area (Å²) in [5.41, 5.74) is 4.05. The van der Waals surface area contributed by atoms with E-state index in [0.717, 1.165) is 42.1 Å². The fraction of sp³-hybridized carbons (Fsp3) is 0.324. The minimum Gasteiger partial charge on any atom is -0.457 e. The van der Waals surface area contributed by atoms with Gasteiger partial charge >= 0.3 is 6.03 Å². The lowest BCUT2D eigenvalue weighted by molar-refractivity contribution is -0.276. The zero-order valence-electron chi connectivity index (χ0n) is 25.6. The number of nitrogens with zero attached hydrogens (tertiary/aromatic N) is 1. The fourth-order valence-corrected chi connectivity index (χ4v) is 6.01. The number of hydrogen-bond acceptors (Lipinski definition) is 6. The van der Waals surface area contributed by atoms with Gasteiger partial charge in [0.25, 0.3) is 0 Å². The van der Waals surface area contributed by atoms with E-state index in [1.165, 1.54) is 19.3 Å². The summed E-state index contributed by atoms with van der Waals surface area (Å²) in [6, 6.07) is 32.0. The first kappa shape index (κ1) is 30.8. The quantitative estimate of drug-likeness (QED) is 0.179. The number of para-hydroxylation sites is 1. The average Bonchev–Trinajstić information content (AvgIpc) is 3.08. The minimum absolute atomic E-state index is 0.00598. The van der Waals surface area contributed by atoms with Crippen molar-refractivity contribution in [2.75, 3.05) is 30.3 Å². The molecule has 2 aliphatic rings. The molecule has 2 heterocycles. The van der Waals surface area contributed by atoms with Crippen LogP contribution in [0.4, 0.5) is 16.2 Å². The van der Waals surface area contributed by atoms with Crippen molar-refractivity contribution in [3.8, 4) is 11.5 Å². The van der Waals surface area contributed by atoms with E-state index in [2.05, 4.69) is 22.5 Å². The van der Waals surface area contributed by atoms with Gasteiger partial charge in [0, 0.05) is 29.4 Å². The van der Waals surface area contributed by atoms with Crippen LogP contribution in [0.3, 0.4) is 0 Å². The number of ether oxygens (including phenoxy) is 3. The molecule has 4 atom stereocenters. The maximum atomic E-state index is 12.9. The number of anilines is 2. The Balaban J connectivity index is 1.13. The lowest BCUT2D eigenvalue weighted by Gasteiger charge is -2.43. The summed E-state index contributed by atoms with van der Waals surface area (Å²) < 4.78 is 19.1. The Hall–Kier alpha value is -4.21. The third-order valence-corrected chi connectivity index (χ3v) is 8.52. The normalized spacial score (nSPS) is 22.0. The number of aliphatic hydroxyl groups excluding tert-OH is 1. The molecule has 2 saturated heterocycles. The molecule has 8 nitrogen and oxygen atoms in total. The first-order valence-corrected chi connectivity index (χ1v) is 15.8. The van der Waals surface area contributed by atoms with Crippen LogP contribution in [0.5, 0.6) is 11.5 Å². The molecule has 4 aromatic rings. The molecular formula is C37H41N3O5. The molecule has 0 radical (unpaired) electrons. The van der Waals surface area contributed by atoms with Crippen molar-refractivity contribution in [1.29, 1.82) is 0 Å². The molecule has 45 heavy (non-hydrogen) atoms. The molecular weight excluding hydrogens is 566 g/mol. The molecule has 0 spiro atoms. The van der Waals surface area contributed by atoms with Gasteiger partial charge in [0.2, 0.25) is 0 Å². The van der Waals surface area contributed by atoms with Crippen LogP contribution in [0.1, 0.15) is 55.3 Å². The predicted octanol–water partition coefficient (Wildman–Crippen LogP) is 7.89. The lowest BCUT2D eigenvalue weighted by Crippen LogP contribution is -2.45.